The second-order valence-electron chi connectivity index (χ2n) is 15.1. The van der Waals surface area contributed by atoms with Crippen LogP contribution in [0.5, 0.6) is 0 Å². The molecule has 3 nitrogen and oxygen atoms in total. The molecule has 0 amide bonds. The highest BCUT2D eigenvalue weighted by Gasteiger charge is 2.44. The van der Waals surface area contributed by atoms with E-state index in [1.54, 1.807) is 0 Å². The number of fused-ring (bicyclic) bond motifs is 1. The van der Waals surface area contributed by atoms with E-state index >= 15 is 0 Å². The first-order valence-electron chi connectivity index (χ1n) is 17.2. The highest BCUT2D eigenvalue weighted by molar-refractivity contribution is 5.22. The van der Waals surface area contributed by atoms with Crippen molar-refractivity contribution in [2.45, 2.75) is 148 Å². The van der Waals surface area contributed by atoms with Gasteiger partial charge in [0.15, 0.2) is 0 Å². The molecule has 0 spiro atoms. The number of hydrogen-bond donors (Lipinski definition) is 3. The van der Waals surface area contributed by atoms with E-state index in [2.05, 4.69) is 87.8 Å². The fourth-order valence-corrected chi connectivity index (χ4v) is 9.62. The summed E-state index contributed by atoms with van der Waals surface area (Å²) in [7, 11) is 0. The van der Waals surface area contributed by atoms with Crippen molar-refractivity contribution in [3.63, 3.8) is 0 Å². The predicted octanol–water partition coefficient (Wildman–Crippen LogP) is 8.12. The van der Waals surface area contributed by atoms with Crippen LogP contribution >= 0.6 is 0 Å². The lowest BCUT2D eigenvalue weighted by Crippen LogP contribution is -2.64. The molecule has 3 aliphatic carbocycles. The normalized spacial score (nSPS) is 40.4. The van der Waals surface area contributed by atoms with E-state index in [1.165, 1.54) is 76.2 Å². The molecule has 5 rings (SSSR count). The van der Waals surface area contributed by atoms with Crippen LogP contribution in [0.3, 0.4) is 0 Å². The maximum Gasteiger partial charge on any atom is 0.0478 e. The van der Waals surface area contributed by atoms with Crippen LogP contribution < -0.4 is 16.0 Å². The van der Waals surface area contributed by atoms with Crippen LogP contribution in [0.1, 0.15) is 124 Å². The number of hydrogen-bond acceptors (Lipinski definition) is 3. The van der Waals surface area contributed by atoms with E-state index in [1.807, 2.05) is 0 Å². The number of piperidine rings is 1. The molecule has 39 heavy (non-hydrogen) atoms. The van der Waals surface area contributed by atoms with E-state index in [0.717, 1.165) is 41.4 Å². The van der Waals surface area contributed by atoms with Gasteiger partial charge >= 0.3 is 0 Å². The smallest absolute Gasteiger partial charge is 0.0478 e. The summed E-state index contributed by atoms with van der Waals surface area (Å²) in [6.45, 7) is 14.9. The summed E-state index contributed by atoms with van der Waals surface area (Å²) in [5.74, 6) is 5.45. The Hall–Kier alpha value is -0.900. The van der Waals surface area contributed by atoms with Crippen LogP contribution in [0.4, 0.5) is 0 Å². The molecule has 9 unspecified atom stereocenters. The van der Waals surface area contributed by atoms with Crippen LogP contribution in [0, 0.1) is 41.4 Å². The van der Waals surface area contributed by atoms with Gasteiger partial charge in [-0.05, 0) is 98.4 Å². The molecule has 0 aromatic heterocycles. The van der Waals surface area contributed by atoms with Crippen LogP contribution in [0.25, 0.3) is 0 Å². The van der Waals surface area contributed by atoms with Gasteiger partial charge in [-0.1, -0.05) is 91.1 Å². The maximum atomic E-state index is 4.43. The molecule has 3 N–H and O–H groups in total. The summed E-state index contributed by atoms with van der Waals surface area (Å²) in [5.41, 5.74) is 1.49. The fourth-order valence-electron chi connectivity index (χ4n) is 9.62. The van der Waals surface area contributed by atoms with Gasteiger partial charge < -0.3 is 16.0 Å². The Morgan fingerprint density at radius 1 is 0.692 bits per heavy atom. The minimum Gasteiger partial charge on any atom is -0.309 e. The molecule has 3 heteroatoms. The SMILES string of the molecule is CC(C)C1CCCC(C(C)C)C1NC(c1ccccc1)C1CCC2CCCC(NC3C(C)CCCC3C)C2N1. The van der Waals surface area contributed by atoms with Gasteiger partial charge in [-0.2, -0.15) is 0 Å². The molecule has 1 aromatic rings. The first-order valence-corrected chi connectivity index (χ1v) is 17.2. The minimum absolute atomic E-state index is 0.382. The Kier molecular flexibility index (Phi) is 10.2. The van der Waals surface area contributed by atoms with Crippen LogP contribution in [0.15, 0.2) is 30.3 Å². The van der Waals surface area contributed by atoms with Crippen molar-refractivity contribution >= 4 is 0 Å². The van der Waals surface area contributed by atoms with E-state index in [0.29, 0.717) is 36.3 Å². The largest absolute Gasteiger partial charge is 0.309 e. The zero-order chi connectivity index (χ0) is 27.5. The Labute approximate surface area is 241 Å². The molecular weight excluding hydrogens is 474 g/mol. The number of nitrogens with one attached hydrogen (secondary N) is 3. The van der Waals surface area contributed by atoms with E-state index < -0.39 is 0 Å². The molecule has 4 aliphatic rings. The number of rotatable bonds is 8. The molecule has 1 heterocycles. The third-order valence-corrected chi connectivity index (χ3v) is 11.9. The van der Waals surface area contributed by atoms with E-state index in [-0.39, 0.29) is 0 Å². The molecule has 0 bridgehead atoms. The lowest BCUT2D eigenvalue weighted by Gasteiger charge is -2.51. The van der Waals surface area contributed by atoms with Gasteiger partial charge in [0.25, 0.3) is 0 Å². The van der Waals surface area contributed by atoms with Gasteiger partial charge in [0.05, 0.1) is 0 Å². The van der Waals surface area contributed by atoms with Gasteiger partial charge in [-0.25, -0.2) is 0 Å². The lowest BCUT2D eigenvalue weighted by molar-refractivity contribution is 0.0722. The first kappa shape index (κ1) is 29.6. The van der Waals surface area contributed by atoms with Gasteiger partial charge in [0.2, 0.25) is 0 Å². The van der Waals surface area contributed by atoms with Crippen molar-refractivity contribution in [3.8, 4) is 0 Å². The first-order chi connectivity index (χ1) is 18.8. The van der Waals surface area contributed by atoms with Crippen molar-refractivity contribution in [3.05, 3.63) is 35.9 Å². The summed E-state index contributed by atoms with van der Waals surface area (Å²) in [5, 5.41) is 13.1. The summed E-state index contributed by atoms with van der Waals surface area (Å²) in [4.78, 5) is 0. The summed E-state index contributed by atoms with van der Waals surface area (Å²) in [6, 6.07) is 14.9. The average molecular weight is 536 g/mol. The predicted molar refractivity (Wildman–Crippen MR) is 167 cm³/mol. The van der Waals surface area contributed by atoms with Gasteiger partial charge in [0, 0.05) is 36.3 Å². The molecule has 220 valence electrons. The van der Waals surface area contributed by atoms with E-state index in [4.69, 9.17) is 0 Å². The highest BCUT2D eigenvalue weighted by Crippen LogP contribution is 2.41. The highest BCUT2D eigenvalue weighted by atomic mass is 15.1. The molecule has 3 saturated carbocycles. The van der Waals surface area contributed by atoms with Crippen LogP contribution in [-0.4, -0.2) is 30.2 Å². The zero-order valence-corrected chi connectivity index (χ0v) is 26.2. The van der Waals surface area contributed by atoms with Crippen molar-refractivity contribution < 1.29 is 0 Å². The van der Waals surface area contributed by atoms with Gasteiger partial charge in [-0.15, -0.1) is 0 Å². The lowest BCUT2D eigenvalue weighted by atomic mass is 9.67. The molecule has 0 radical (unpaired) electrons. The van der Waals surface area contributed by atoms with Crippen molar-refractivity contribution in [1.82, 2.24) is 16.0 Å². The molecule has 1 aliphatic heterocycles. The molecular formula is C36H61N3. The standard InChI is InChI=1S/C36H61N3/c1-23(2)29-18-12-19-30(24(3)4)36(29)39-35(27-15-8-7-9-16-27)32-22-21-28-17-11-20-31(34(28)38-32)37-33-25(5)13-10-14-26(33)6/h7-9,15-16,23-26,28-39H,10-14,17-22H2,1-6H3. The second kappa shape index (κ2) is 13.4. The topological polar surface area (TPSA) is 36.1 Å². The zero-order valence-electron chi connectivity index (χ0n) is 26.2. The average Bonchev–Trinajstić information content (AvgIpc) is 2.94. The Bertz CT molecular complexity index is 841. The van der Waals surface area contributed by atoms with Crippen molar-refractivity contribution in [1.29, 1.82) is 0 Å². The maximum absolute atomic E-state index is 4.43. The molecule has 1 saturated heterocycles. The third kappa shape index (κ3) is 6.78. The summed E-state index contributed by atoms with van der Waals surface area (Å²) in [6.07, 6.45) is 15.2. The van der Waals surface area contributed by atoms with Crippen molar-refractivity contribution in [2.75, 3.05) is 0 Å². The van der Waals surface area contributed by atoms with Gasteiger partial charge in [0.1, 0.15) is 0 Å². The van der Waals surface area contributed by atoms with Crippen LogP contribution in [0.2, 0.25) is 0 Å². The summed E-state index contributed by atoms with van der Waals surface area (Å²) >= 11 is 0. The Morgan fingerprint density at radius 3 is 1.95 bits per heavy atom. The molecule has 1 aromatic carbocycles. The second-order valence-corrected chi connectivity index (χ2v) is 15.1. The quantitative estimate of drug-likeness (QED) is 0.315. The minimum atomic E-state index is 0.382. The Balaban J connectivity index is 1.38. The monoisotopic (exact) mass is 535 g/mol. The van der Waals surface area contributed by atoms with E-state index in [9.17, 15) is 0 Å². The third-order valence-electron chi connectivity index (χ3n) is 11.9. The van der Waals surface area contributed by atoms with Crippen LogP contribution in [-0.2, 0) is 0 Å². The summed E-state index contributed by atoms with van der Waals surface area (Å²) < 4.78 is 0. The fraction of sp³-hybridized carbons (Fsp3) is 0.833. The number of benzene rings is 1. The molecule has 4 fully saturated rings. The Morgan fingerprint density at radius 2 is 1.31 bits per heavy atom. The molecule has 9 atom stereocenters. The van der Waals surface area contributed by atoms with Gasteiger partial charge in [-0.3, -0.25) is 0 Å². The van der Waals surface area contributed by atoms with Crippen molar-refractivity contribution in [2.24, 2.45) is 41.4 Å².